The second-order valence-electron chi connectivity index (χ2n) is 3.54. The summed E-state index contributed by atoms with van der Waals surface area (Å²) in [5.74, 6) is -0.889. The first kappa shape index (κ1) is 14.9. The van der Waals surface area contributed by atoms with Crippen LogP contribution in [0.3, 0.4) is 0 Å². The standard InChI is InChI=1S/C10H11BrFN3O2S/c1-15(4-2-3-13)18(16,17)10-6-9(14)7(11)5-8(10)12/h5-6H,2,4,14H2,1H3. The molecule has 0 radical (unpaired) electrons. The second kappa shape index (κ2) is 5.65. The summed E-state index contributed by atoms with van der Waals surface area (Å²) >= 11 is 3.01. The van der Waals surface area contributed by atoms with E-state index in [1.165, 1.54) is 7.05 Å². The zero-order valence-corrected chi connectivity index (χ0v) is 11.9. The van der Waals surface area contributed by atoms with Crippen LogP contribution >= 0.6 is 15.9 Å². The summed E-state index contributed by atoms with van der Waals surface area (Å²) in [6.07, 6.45) is 0.0311. The lowest BCUT2D eigenvalue weighted by atomic mass is 10.3. The molecule has 1 rings (SSSR count). The van der Waals surface area contributed by atoms with Crippen LogP contribution in [0.15, 0.2) is 21.5 Å². The molecule has 0 saturated carbocycles. The van der Waals surface area contributed by atoms with Crippen LogP contribution in [-0.2, 0) is 10.0 Å². The fraction of sp³-hybridized carbons (Fsp3) is 0.300. The zero-order chi connectivity index (χ0) is 13.9. The van der Waals surface area contributed by atoms with Crippen LogP contribution in [0, 0.1) is 17.1 Å². The van der Waals surface area contributed by atoms with E-state index in [-0.39, 0.29) is 18.7 Å². The second-order valence-corrected chi connectivity index (χ2v) is 6.41. The molecule has 0 spiro atoms. The number of sulfonamides is 1. The number of hydrogen-bond donors (Lipinski definition) is 1. The zero-order valence-electron chi connectivity index (χ0n) is 9.52. The van der Waals surface area contributed by atoms with Gasteiger partial charge in [0, 0.05) is 30.2 Å². The molecule has 0 fully saturated rings. The molecule has 1 aromatic carbocycles. The van der Waals surface area contributed by atoms with Crippen LogP contribution in [0.1, 0.15) is 6.42 Å². The Kier molecular flexibility index (Phi) is 4.67. The topological polar surface area (TPSA) is 87.2 Å². The van der Waals surface area contributed by atoms with Gasteiger partial charge in [-0.2, -0.15) is 9.57 Å². The van der Waals surface area contributed by atoms with Crippen molar-refractivity contribution in [2.24, 2.45) is 0 Å². The maximum absolute atomic E-state index is 13.7. The van der Waals surface area contributed by atoms with Gasteiger partial charge in [-0.25, -0.2) is 12.8 Å². The third-order valence-corrected chi connectivity index (χ3v) is 4.84. The Bertz CT molecular complexity index is 598. The molecule has 5 nitrogen and oxygen atoms in total. The van der Waals surface area contributed by atoms with Crippen LogP contribution in [0.25, 0.3) is 0 Å². The first-order chi connectivity index (χ1) is 8.30. The highest BCUT2D eigenvalue weighted by Gasteiger charge is 2.25. The van der Waals surface area contributed by atoms with Gasteiger partial charge in [-0.3, -0.25) is 0 Å². The number of nitriles is 1. The highest BCUT2D eigenvalue weighted by Crippen LogP contribution is 2.27. The van der Waals surface area contributed by atoms with Gasteiger partial charge in [0.15, 0.2) is 0 Å². The van der Waals surface area contributed by atoms with Gasteiger partial charge >= 0.3 is 0 Å². The Morgan fingerprint density at radius 2 is 2.17 bits per heavy atom. The van der Waals surface area contributed by atoms with Crippen molar-refractivity contribution in [3.8, 4) is 6.07 Å². The van der Waals surface area contributed by atoms with Crippen molar-refractivity contribution < 1.29 is 12.8 Å². The average Bonchev–Trinajstić information content (AvgIpc) is 2.30. The van der Waals surface area contributed by atoms with Crippen LogP contribution < -0.4 is 5.73 Å². The fourth-order valence-corrected chi connectivity index (χ4v) is 2.80. The average molecular weight is 336 g/mol. The van der Waals surface area contributed by atoms with Gasteiger partial charge in [0.25, 0.3) is 0 Å². The van der Waals surface area contributed by atoms with Crippen molar-refractivity contribution in [2.75, 3.05) is 19.3 Å². The summed E-state index contributed by atoms with van der Waals surface area (Å²) in [7, 11) is -2.69. The third-order valence-electron chi connectivity index (χ3n) is 2.28. The minimum atomic E-state index is -3.97. The summed E-state index contributed by atoms with van der Waals surface area (Å²) < 4.78 is 38.9. The Balaban J connectivity index is 3.21. The molecular weight excluding hydrogens is 325 g/mol. The lowest BCUT2D eigenvalue weighted by Crippen LogP contribution is -2.28. The van der Waals surface area contributed by atoms with Gasteiger partial charge in [0.05, 0.1) is 6.07 Å². The van der Waals surface area contributed by atoms with Gasteiger partial charge in [0.2, 0.25) is 10.0 Å². The van der Waals surface area contributed by atoms with Gasteiger partial charge in [-0.15, -0.1) is 0 Å². The predicted octanol–water partition coefficient (Wildman–Crippen LogP) is 1.70. The van der Waals surface area contributed by atoms with E-state index >= 15 is 0 Å². The minimum Gasteiger partial charge on any atom is -0.398 e. The van der Waals surface area contributed by atoms with E-state index in [0.29, 0.717) is 4.47 Å². The first-order valence-electron chi connectivity index (χ1n) is 4.88. The number of nitrogen functional groups attached to an aromatic ring is 1. The van der Waals surface area contributed by atoms with E-state index in [2.05, 4.69) is 15.9 Å². The fourth-order valence-electron chi connectivity index (χ4n) is 1.24. The summed E-state index contributed by atoms with van der Waals surface area (Å²) in [4.78, 5) is -0.497. The SMILES string of the molecule is CN(CCC#N)S(=O)(=O)c1cc(N)c(Br)cc1F. The van der Waals surface area contributed by atoms with E-state index in [0.717, 1.165) is 16.4 Å². The number of hydrogen-bond acceptors (Lipinski definition) is 4. The van der Waals surface area contributed by atoms with Crippen molar-refractivity contribution in [3.63, 3.8) is 0 Å². The molecule has 0 saturated heterocycles. The van der Waals surface area contributed by atoms with Gasteiger partial charge in [-0.05, 0) is 28.1 Å². The maximum Gasteiger partial charge on any atom is 0.245 e. The number of benzene rings is 1. The minimum absolute atomic E-state index is 0.00571. The molecule has 0 heterocycles. The number of halogens is 2. The summed E-state index contributed by atoms with van der Waals surface area (Å²) in [5.41, 5.74) is 5.67. The Hall–Kier alpha value is -1.17. The molecule has 0 aliphatic rings. The van der Waals surface area contributed by atoms with E-state index in [4.69, 9.17) is 11.0 Å². The number of anilines is 1. The van der Waals surface area contributed by atoms with Crippen LogP contribution in [0.2, 0.25) is 0 Å². The number of nitrogens with two attached hydrogens (primary N) is 1. The van der Waals surface area contributed by atoms with Gasteiger partial charge in [-0.1, -0.05) is 0 Å². The Morgan fingerprint density at radius 1 is 1.56 bits per heavy atom. The summed E-state index contributed by atoms with van der Waals surface area (Å²) in [5, 5.41) is 8.41. The van der Waals surface area contributed by atoms with Crippen molar-refractivity contribution in [1.82, 2.24) is 4.31 Å². The molecule has 0 aromatic heterocycles. The van der Waals surface area contributed by atoms with E-state index in [1.54, 1.807) is 0 Å². The number of nitrogens with zero attached hydrogens (tertiary/aromatic N) is 2. The predicted molar refractivity (Wildman–Crippen MR) is 68.6 cm³/mol. The maximum atomic E-state index is 13.7. The van der Waals surface area contributed by atoms with Crippen molar-refractivity contribution >= 4 is 31.6 Å². The molecule has 0 atom stereocenters. The largest absolute Gasteiger partial charge is 0.398 e. The molecule has 0 aliphatic heterocycles. The van der Waals surface area contributed by atoms with Crippen molar-refractivity contribution in [3.05, 3.63) is 22.4 Å². The Morgan fingerprint density at radius 3 is 2.72 bits per heavy atom. The van der Waals surface area contributed by atoms with Crippen molar-refractivity contribution in [1.29, 1.82) is 5.26 Å². The van der Waals surface area contributed by atoms with Crippen molar-refractivity contribution in [2.45, 2.75) is 11.3 Å². The third kappa shape index (κ3) is 2.98. The quantitative estimate of drug-likeness (QED) is 0.848. The summed E-state index contributed by atoms with van der Waals surface area (Å²) in [6.45, 7) is -0.00571. The van der Waals surface area contributed by atoms with Gasteiger partial charge in [0.1, 0.15) is 10.7 Å². The van der Waals surface area contributed by atoms with Gasteiger partial charge < -0.3 is 5.73 Å². The monoisotopic (exact) mass is 335 g/mol. The molecule has 0 bridgehead atoms. The molecule has 0 aliphatic carbocycles. The molecule has 0 unspecified atom stereocenters. The van der Waals surface area contributed by atoms with E-state index in [1.807, 2.05) is 6.07 Å². The van der Waals surface area contributed by atoms with Crippen LogP contribution in [-0.4, -0.2) is 26.3 Å². The highest BCUT2D eigenvalue weighted by atomic mass is 79.9. The Labute approximate surface area is 113 Å². The first-order valence-corrected chi connectivity index (χ1v) is 7.12. The number of rotatable bonds is 4. The lowest BCUT2D eigenvalue weighted by Gasteiger charge is -2.16. The smallest absolute Gasteiger partial charge is 0.245 e. The summed E-state index contributed by atoms with van der Waals surface area (Å²) in [6, 6.07) is 3.88. The molecule has 1 aromatic rings. The molecule has 98 valence electrons. The molecule has 0 amide bonds. The molecule has 2 N–H and O–H groups in total. The molecule has 8 heteroatoms. The normalized spacial score (nSPS) is 11.5. The van der Waals surface area contributed by atoms with E-state index < -0.39 is 20.7 Å². The lowest BCUT2D eigenvalue weighted by molar-refractivity contribution is 0.469. The van der Waals surface area contributed by atoms with E-state index in [9.17, 15) is 12.8 Å². The molecular formula is C10H11BrFN3O2S. The van der Waals surface area contributed by atoms with Crippen LogP contribution in [0.5, 0.6) is 0 Å². The molecule has 18 heavy (non-hydrogen) atoms. The van der Waals surface area contributed by atoms with Crippen LogP contribution in [0.4, 0.5) is 10.1 Å². The highest BCUT2D eigenvalue weighted by molar-refractivity contribution is 9.10.